The van der Waals surface area contributed by atoms with Gasteiger partial charge >= 0.3 is 12.4 Å². The third-order valence-electron chi connectivity index (χ3n) is 12.5. The van der Waals surface area contributed by atoms with Crippen molar-refractivity contribution in [3.8, 4) is 0 Å². The maximum absolute atomic E-state index is 13.7. The Morgan fingerprint density at radius 2 is 1.00 bits per heavy atom. The van der Waals surface area contributed by atoms with Crippen molar-refractivity contribution in [2.45, 2.75) is 169 Å². The smallest absolute Gasteiger partial charge is 0.416 e. The van der Waals surface area contributed by atoms with Crippen LogP contribution in [0.5, 0.6) is 0 Å². The Morgan fingerprint density at radius 3 is 1.40 bits per heavy atom. The van der Waals surface area contributed by atoms with Gasteiger partial charge in [0.2, 0.25) is 5.90 Å². The Hall–Kier alpha value is -5.21. The second-order valence-electron chi connectivity index (χ2n) is 17.3. The van der Waals surface area contributed by atoms with Gasteiger partial charge in [-0.1, -0.05) is 111 Å². The summed E-state index contributed by atoms with van der Waals surface area (Å²) in [7, 11) is 0. The van der Waals surface area contributed by atoms with Crippen molar-refractivity contribution in [3.05, 3.63) is 140 Å². The summed E-state index contributed by atoms with van der Waals surface area (Å²) in [5.41, 5.74) is 6.72. The number of rotatable bonds is 15. The molecular formula is C54H68F6N2O6. The highest BCUT2D eigenvalue weighted by molar-refractivity contribution is 5.98. The summed E-state index contributed by atoms with van der Waals surface area (Å²) in [6.45, 7) is 11.3. The second kappa shape index (κ2) is 27.1. The molecule has 0 radical (unpaired) electrons. The maximum Gasteiger partial charge on any atom is 0.416 e. The van der Waals surface area contributed by atoms with Gasteiger partial charge in [-0.25, -0.2) is 0 Å². The van der Waals surface area contributed by atoms with E-state index in [1.54, 1.807) is 51.1 Å². The Morgan fingerprint density at radius 1 is 0.574 bits per heavy atom. The molecule has 372 valence electrons. The number of carbonyl (C=O) groups excluding carboxylic acids is 1. The van der Waals surface area contributed by atoms with Gasteiger partial charge in [0.1, 0.15) is 13.2 Å². The Labute approximate surface area is 397 Å². The molecule has 4 aromatic rings. The van der Waals surface area contributed by atoms with Crippen LogP contribution in [0, 0.1) is 0 Å². The van der Waals surface area contributed by atoms with Gasteiger partial charge in [-0.3, -0.25) is 4.79 Å². The molecule has 2 fully saturated rings. The monoisotopic (exact) mass is 954 g/mol. The summed E-state index contributed by atoms with van der Waals surface area (Å²) < 4.78 is 86.5. The van der Waals surface area contributed by atoms with Crippen molar-refractivity contribution in [1.29, 1.82) is 0 Å². The van der Waals surface area contributed by atoms with E-state index >= 15 is 0 Å². The Balaban J connectivity index is 0.000000241. The number of aliphatic hydroxyl groups is 2. The first kappa shape index (κ1) is 55.4. The van der Waals surface area contributed by atoms with E-state index in [4.69, 9.17) is 19.5 Å². The number of aryl methyl sites for hydroxylation is 2. The molecule has 0 aliphatic heterocycles. The highest BCUT2D eigenvalue weighted by Crippen LogP contribution is 2.42. The number of hydrogen-bond acceptors (Lipinski definition) is 8. The van der Waals surface area contributed by atoms with Gasteiger partial charge in [0.15, 0.2) is 5.78 Å². The van der Waals surface area contributed by atoms with Gasteiger partial charge in [-0.15, -0.1) is 0 Å². The number of aliphatic hydroxyl groups excluding tert-OH is 2. The van der Waals surface area contributed by atoms with E-state index in [2.05, 4.69) is 10.3 Å². The summed E-state index contributed by atoms with van der Waals surface area (Å²) in [6, 6.07) is 20.1. The van der Waals surface area contributed by atoms with Crippen molar-refractivity contribution in [1.82, 2.24) is 0 Å². The zero-order chi connectivity index (χ0) is 49.9. The molecule has 4 aromatic carbocycles. The van der Waals surface area contributed by atoms with Crippen LogP contribution in [0.15, 0.2) is 83.1 Å². The minimum atomic E-state index is -4.38. The van der Waals surface area contributed by atoms with Gasteiger partial charge in [-0.05, 0) is 145 Å². The average Bonchev–Trinajstić information content (AvgIpc) is 3.33. The number of carbonyl (C=O) groups is 1. The summed E-state index contributed by atoms with van der Waals surface area (Å²) in [4.78, 5) is 21.5. The molecule has 2 aliphatic carbocycles. The van der Waals surface area contributed by atoms with Crippen LogP contribution in [0.3, 0.4) is 0 Å². The molecule has 6 rings (SSSR count). The molecule has 2 saturated carbocycles. The number of Topliss-reactive ketones (excluding diaryl/α,β-unsaturated/α-hetero) is 1. The van der Waals surface area contributed by atoms with Gasteiger partial charge in [0.05, 0.1) is 36.7 Å². The quantitative estimate of drug-likeness (QED) is 0.0404. The van der Waals surface area contributed by atoms with Crippen LogP contribution in [0.2, 0.25) is 0 Å². The number of oxime groups is 2. The van der Waals surface area contributed by atoms with Crippen molar-refractivity contribution in [3.63, 3.8) is 0 Å². The van der Waals surface area contributed by atoms with Crippen LogP contribution in [-0.2, 0) is 66.0 Å². The second-order valence-corrected chi connectivity index (χ2v) is 17.3. The standard InChI is InChI=1S/C25H30F3NO2.C18H24F3NO2.C11H14O2/c1-3-19-14-21(10-11-22(19)15-30)17(2)29-31-16-18-9-12-23(20-7-5-4-6-8-20)24(13-18)25(26,27)28;1-3-23-13(2)22-24-12-14-9-10-16(15-7-5-4-6-8-15)17(11-14)18(19,20)21;1-3-9-6-10(8(2)13)4-5-11(9)7-12/h9-14,20,30H,3-8,15-16H2,1-2H3;9-11,15H,3-8,12H2,1-2H3;4-6,12H,3,7H2,1-2H3/b29-17+;22-13-;. The lowest BCUT2D eigenvalue weighted by Gasteiger charge is -2.25. The molecule has 0 aromatic heterocycles. The highest BCUT2D eigenvalue weighted by Gasteiger charge is 2.37. The predicted molar refractivity (Wildman–Crippen MR) is 255 cm³/mol. The van der Waals surface area contributed by atoms with Gasteiger partial charge in [-0.2, -0.15) is 26.3 Å². The summed E-state index contributed by atoms with van der Waals surface area (Å²) >= 11 is 0. The third kappa shape index (κ3) is 16.8. The first-order chi connectivity index (χ1) is 32.4. The van der Waals surface area contributed by atoms with Crippen LogP contribution in [0.25, 0.3) is 0 Å². The highest BCUT2D eigenvalue weighted by atomic mass is 19.4. The van der Waals surface area contributed by atoms with Crippen LogP contribution in [0.1, 0.15) is 189 Å². The number of alkyl halides is 6. The molecule has 0 saturated heterocycles. The SMILES string of the molecule is CCO/C(C)=N\OCc1ccc(C2CCCCC2)c(C(F)(F)F)c1.CCc1cc(/C(C)=N/OCc2ccc(C3CCCCC3)c(C(F)(F)F)c2)ccc1CO.CCc1cc(C(C)=O)ccc1CO. The molecule has 0 unspecified atom stereocenters. The molecule has 2 aliphatic rings. The Kier molecular flexibility index (Phi) is 22.1. The topological polar surface area (TPSA) is 110 Å². The van der Waals surface area contributed by atoms with E-state index in [1.165, 1.54) is 12.1 Å². The number of benzene rings is 4. The molecule has 2 N–H and O–H groups in total. The van der Waals surface area contributed by atoms with Crippen molar-refractivity contribution < 1.29 is 55.8 Å². The molecule has 0 spiro atoms. The molecule has 0 bridgehead atoms. The lowest BCUT2D eigenvalue weighted by atomic mass is 9.81. The molecule has 14 heteroatoms. The number of ketones is 1. The van der Waals surface area contributed by atoms with Crippen LogP contribution in [0.4, 0.5) is 26.3 Å². The van der Waals surface area contributed by atoms with Crippen LogP contribution < -0.4 is 0 Å². The van der Waals surface area contributed by atoms with E-state index in [9.17, 15) is 36.2 Å². The molecule has 0 atom stereocenters. The molecule has 0 heterocycles. The van der Waals surface area contributed by atoms with Gasteiger partial charge in [0, 0.05) is 12.5 Å². The van der Waals surface area contributed by atoms with E-state index < -0.39 is 23.5 Å². The van der Waals surface area contributed by atoms with E-state index in [0.717, 1.165) is 105 Å². The average molecular weight is 955 g/mol. The molecule has 8 nitrogen and oxygen atoms in total. The lowest BCUT2D eigenvalue weighted by molar-refractivity contribution is -0.139. The fourth-order valence-electron chi connectivity index (χ4n) is 8.77. The minimum Gasteiger partial charge on any atom is -0.479 e. The third-order valence-corrected chi connectivity index (χ3v) is 12.5. The van der Waals surface area contributed by atoms with Crippen molar-refractivity contribution >= 4 is 17.4 Å². The molecule has 68 heavy (non-hydrogen) atoms. The zero-order valence-electron chi connectivity index (χ0n) is 40.3. The van der Waals surface area contributed by atoms with Crippen LogP contribution in [-0.4, -0.2) is 34.2 Å². The summed E-state index contributed by atoms with van der Waals surface area (Å²) in [6.07, 6.45) is 2.37. The van der Waals surface area contributed by atoms with Crippen molar-refractivity contribution in [2.75, 3.05) is 6.61 Å². The van der Waals surface area contributed by atoms with E-state index in [-0.39, 0.29) is 44.0 Å². The minimum absolute atomic E-state index is 0.00330. The first-order valence-electron chi connectivity index (χ1n) is 23.8. The summed E-state index contributed by atoms with van der Waals surface area (Å²) in [5, 5.41) is 26.2. The number of nitrogens with zero attached hydrogens (tertiary/aromatic N) is 2. The lowest BCUT2D eigenvalue weighted by Crippen LogP contribution is -2.15. The molecular weight excluding hydrogens is 887 g/mol. The maximum atomic E-state index is 13.7. The number of ether oxygens (including phenoxy) is 1. The number of halogens is 6. The predicted octanol–water partition coefficient (Wildman–Crippen LogP) is 14.3. The number of hydrogen-bond donors (Lipinski definition) is 2. The fourth-order valence-corrected chi connectivity index (χ4v) is 8.77. The van der Waals surface area contributed by atoms with E-state index in [0.29, 0.717) is 46.0 Å². The summed E-state index contributed by atoms with van der Waals surface area (Å²) in [5.74, 6) is 0.408. The van der Waals surface area contributed by atoms with Crippen LogP contribution >= 0.6 is 0 Å². The van der Waals surface area contributed by atoms with Gasteiger partial charge < -0.3 is 24.6 Å². The van der Waals surface area contributed by atoms with E-state index in [1.807, 2.05) is 51.1 Å². The Bertz CT molecular complexity index is 2280. The normalized spacial score (nSPS) is 15.1. The molecule has 0 amide bonds. The zero-order valence-corrected chi connectivity index (χ0v) is 40.3. The van der Waals surface area contributed by atoms with Gasteiger partial charge in [0.25, 0.3) is 0 Å². The largest absolute Gasteiger partial charge is 0.479 e. The first-order valence-corrected chi connectivity index (χ1v) is 23.8. The van der Waals surface area contributed by atoms with Crippen molar-refractivity contribution in [2.24, 2.45) is 10.3 Å². The fraction of sp³-hybridized carbons (Fsp3) is 0.500.